The van der Waals surface area contributed by atoms with E-state index in [1.807, 2.05) is 17.0 Å². The van der Waals surface area contributed by atoms with Crippen LogP contribution in [0.5, 0.6) is 0 Å². The van der Waals surface area contributed by atoms with Crippen molar-refractivity contribution in [3.63, 3.8) is 0 Å². The largest absolute Gasteiger partial charge is 0.434 e. The Morgan fingerprint density at radius 2 is 1.86 bits per heavy atom. The molecule has 1 aromatic carbocycles. The fraction of sp³-hybridized carbons (Fsp3) is 0.333. The van der Waals surface area contributed by atoms with E-state index in [0.29, 0.717) is 30.7 Å². The highest BCUT2D eigenvalue weighted by atomic mass is 32.2. The van der Waals surface area contributed by atoms with Crippen molar-refractivity contribution < 1.29 is 13.2 Å². The maximum absolute atomic E-state index is 13.3. The number of piperidine rings is 1. The van der Waals surface area contributed by atoms with Gasteiger partial charge in [0.15, 0.2) is 17.3 Å². The van der Waals surface area contributed by atoms with Gasteiger partial charge in [0.25, 0.3) is 0 Å². The molecule has 1 aliphatic heterocycles. The van der Waals surface area contributed by atoms with Gasteiger partial charge in [-0.1, -0.05) is 30.8 Å². The normalized spacial score (nSPS) is 18.9. The van der Waals surface area contributed by atoms with Gasteiger partial charge in [-0.2, -0.15) is 13.2 Å². The fourth-order valence-electron chi connectivity index (χ4n) is 5.04. The van der Waals surface area contributed by atoms with E-state index in [1.165, 1.54) is 23.3 Å². The minimum atomic E-state index is -4.63. The van der Waals surface area contributed by atoms with Crippen LogP contribution < -0.4 is 16.4 Å². The maximum Gasteiger partial charge on any atom is 0.434 e. The molecule has 0 unspecified atom stereocenters. The van der Waals surface area contributed by atoms with Gasteiger partial charge in [-0.25, -0.2) is 4.98 Å². The van der Waals surface area contributed by atoms with E-state index in [4.69, 9.17) is 18.0 Å². The van der Waals surface area contributed by atoms with Gasteiger partial charge in [-0.3, -0.25) is 4.98 Å². The molecule has 0 amide bonds. The highest BCUT2D eigenvalue weighted by molar-refractivity contribution is 7.99. The van der Waals surface area contributed by atoms with Gasteiger partial charge in [0, 0.05) is 30.2 Å². The number of nitrogens with zero attached hydrogens (tertiary/aromatic N) is 5. The Bertz CT molecular complexity index is 1310. The van der Waals surface area contributed by atoms with Crippen molar-refractivity contribution >= 4 is 29.2 Å². The summed E-state index contributed by atoms with van der Waals surface area (Å²) >= 11 is 0.702. The van der Waals surface area contributed by atoms with E-state index in [9.17, 15) is 13.2 Å². The van der Waals surface area contributed by atoms with E-state index in [-0.39, 0.29) is 33.0 Å². The Kier molecular flexibility index (Phi) is 5.81. The van der Waals surface area contributed by atoms with Crippen molar-refractivity contribution in [1.29, 1.82) is 0 Å². The van der Waals surface area contributed by atoms with Crippen LogP contribution in [0, 0.1) is 12.0 Å². The number of benzene rings is 1. The van der Waals surface area contributed by atoms with Crippen LogP contribution in [0.15, 0.2) is 52.5 Å². The maximum atomic E-state index is 13.3. The van der Waals surface area contributed by atoms with Gasteiger partial charge in [-0.15, -0.1) is 4.98 Å². The molecule has 1 aliphatic carbocycles. The molecule has 2 aliphatic rings. The lowest BCUT2D eigenvalue weighted by Gasteiger charge is -2.42. The monoisotopic (exact) mass is 497 g/mol. The number of anilines is 2. The number of hydrogen-bond donors (Lipinski definition) is 2. The third kappa shape index (κ3) is 4.17. The highest BCUT2D eigenvalue weighted by Gasteiger charge is 2.46. The molecule has 7 nitrogen and oxygen atoms in total. The number of halogens is 3. The summed E-state index contributed by atoms with van der Waals surface area (Å²) in [6, 6.07) is 10.9. The molecule has 180 valence electrons. The predicted molar refractivity (Wildman–Crippen MR) is 127 cm³/mol. The van der Waals surface area contributed by atoms with E-state index in [0.717, 1.165) is 25.5 Å². The minimum Gasteiger partial charge on any atom is -0.380 e. The van der Waals surface area contributed by atoms with Gasteiger partial charge in [-0.05, 0) is 59.7 Å². The van der Waals surface area contributed by atoms with Crippen molar-refractivity contribution in [2.24, 2.45) is 11.1 Å². The first-order chi connectivity index (χ1) is 16.7. The van der Waals surface area contributed by atoms with Crippen molar-refractivity contribution in [2.45, 2.75) is 41.4 Å². The Hall–Kier alpha value is -3.36. The summed E-state index contributed by atoms with van der Waals surface area (Å²) in [6.45, 7) is 8.87. The molecule has 35 heavy (non-hydrogen) atoms. The van der Waals surface area contributed by atoms with Crippen LogP contribution in [0.3, 0.4) is 0 Å². The van der Waals surface area contributed by atoms with Gasteiger partial charge in [0.1, 0.15) is 0 Å². The fourth-order valence-corrected chi connectivity index (χ4v) is 5.94. The van der Waals surface area contributed by atoms with Crippen molar-refractivity contribution in [1.82, 2.24) is 15.0 Å². The molecule has 3 heterocycles. The minimum absolute atomic E-state index is 0.00843. The molecule has 3 aromatic rings. The van der Waals surface area contributed by atoms with Crippen LogP contribution in [0.2, 0.25) is 0 Å². The quantitative estimate of drug-likeness (QED) is 0.491. The molecule has 2 aromatic heterocycles. The Morgan fingerprint density at radius 3 is 2.54 bits per heavy atom. The SMILES string of the molecule is [C-]#[N+]c1nc(Sc2cccnc2C(F)(F)F)c(N)nc1N1CCC2(CC1)Cc1ccccc1[C@H]2N. The van der Waals surface area contributed by atoms with Gasteiger partial charge in [0.2, 0.25) is 5.03 Å². The van der Waals surface area contributed by atoms with Crippen LogP contribution in [0.4, 0.5) is 30.6 Å². The number of hydrogen-bond acceptors (Lipinski definition) is 7. The summed E-state index contributed by atoms with van der Waals surface area (Å²) in [6.07, 6.45) is -0.984. The third-order valence-corrected chi connectivity index (χ3v) is 7.90. The Balaban J connectivity index is 1.38. The number of nitrogen functional groups attached to an aromatic ring is 1. The van der Waals surface area contributed by atoms with Crippen LogP contribution in [-0.2, 0) is 12.6 Å². The molecular weight excluding hydrogens is 475 g/mol. The van der Waals surface area contributed by atoms with Crippen molar-refractivity contribution in [3.8, 4) is 0 Å². The van der Waals surface area contributed by atoms with Crippen molar-refractivity contribution in [2.75, 3.05) is 23.7 Å². The third-order valence-electron chi connectivity index (χ3n) is 6.86. The molecule has 1 saturated heterocycles. The molecule has 11 heteroatoms. The molecule has 1 fully saturated rings. The second kappa shape index (κ2) is 8.70. The smallest absolute Gasteiger partial charge is 0.380 e. The lowest BCUT2D eigenvalue weighted by Crippen LogP contribution is -2.44. The van der Waals surface area contributed by atoms with Gasteiger partial charge in [0.05, 0.1) is 0 Å². The van der Waals surface area contributed by atoms with E-state index < -0.39 is 11.9 Å². The number of rotatable bonds is 3. The topological polar surface area (TPSA) is 98.3 Å². The lowest BCUT2D eigenvalue weighted by molar-refractivity contribution is -0.143. The number of alkyl halides is 3. The zero-order valence-electron chi connectivity index (χ0n) is 18.6. The average Bonchev–Trinajstić information content (AvgIpc) is 3.11. The lowest BCUT2D eigenvalue weighted by atomic mass is 9.73. The molecule has 0 bridgehead atoms. The van der Waals surface area contributed by atoms with Crippen LogP contribution >= 0.6 is 11.8 Å². The Labute approximate surface area is 204 Å². The Morgan fingerprint density at radius 1 is 1.11 bits per heavy atom. The van der Waals surface area contributed by atoms with Gasteiger partial charge >= 0.3 is 12.0 Å². The summed E-state index contributed by atoms with van der Waals surface area (Å²) in [5.41, 5.74) is 14.2. The first kappa shape index (κ1) is 23.4. The molecule has 5 rings (SSSR count). The van der Waals surface area contributed by atoms with Crippen LogP contribution in [0.1, 0.15) is 35.7 Å². The molecule has 1 spiro atoms. The molecule has 0 radical (unpaired) electrons. The summed E-state index contributed by atoms with van der Waals surface area (Å²) < 4.78 is 40.0. The molecule has 1 atom stereocenters. The number of aromatic nitrogens is 3. The summed E-state index contributed by atoms with van der Waals surface area (Å²) in [5.74, 6) is 0.330. The zero-order valence-corrected chi connectivity index (χ0v) is 19.4. The summed E-state index contributed by atoms with van der Waals surface area (Å²) in [7, 11) is 0. The van der Waals surface area contributed by atoms with Crippen molar-refractivity contribution in [3.05, 3.63) is 70.8 Å². The molecular formula is C24H22F3N7S. The highest BCUT2D eigenvalue weighted by Crippen LogP contribution is 2.51. The second-order valence-corrected chi connectivity index (χ2v) is 9.86. The molecule has 0 saturated carbocycles. The number of pyridine rings is 1. The predicted octanol–water partition coefficient (Wildman–Crippen LogP) is 5.02. The summed E-state index contributed by atoms with van der Waals surface area (Å²) in [4.78, 5) is 17.5. The van der Waals surface area contributed by atoms with Crippen LogP contribution in [0.25, 0.3) is 4.85 Å². The van der Waals surface area contributed by atoms with E-state index >= 15 is 0 Å². The zero-order chi connectivity index (χ0) is 24.8. The summed E-state index contributed by atoms with van der Waals surface area (Å²) in [5, 5.41) is 0.0417. The van der Waals surface area contributed by atoms with E-state index in [2.05, 4.69) is 31.9 Å². The van der Waals surface area contributed by atoms with Crippen LogP contribution in [-0.4, -0.2) is 28.0 Å². The first-order valence-electron chi connectivity index (χ1n) is 11.1. The number of nitrogens with two attached hydrogens (primary N) is 2. The molecule has 4 N–H and O–H groups in total. The first-order valence-corrected chi connectivity index (χ1v) is 11.9. The van der Waals surface area contributed by atoms with Gasteiger partial charge < -0.3 is 21.2 Å². The standard InChI is InChI=1S/C24H22F3N7S/c1-30-20-21(32-19(29)22(33-20)35-16-7-4-10-31-18(16)24(25,26)27)34-11-8-23(9-12-34)13-14-5-2-3-6-15(14)17(23)28/h2-7,10,17H,8-9,11-13,28H2,(H2,29,32)/t17-/m1/s1. The average molecular weight is 498 g/mol. The van der Waals surface area contributed by atoms with E-state index in [1.54, 1.807) is 0 Å². The second-order valence-electron chi connectivity index (χ2n) is 8.83. The number of fused-ring (bicyclic) bond motifs is 1.